The second-order valence-electron chi connectivity index (χ2n) is 8.01. The summed E-state index contributed by atoms with van der Waals surface area (Å²) in [6.45, 7) is 0. The highest BCUT2D eigenvalue weighted by molar-refractivity contribution is 7.92. The normalized spacial score (nSPS) is 16.7. The summed E-state index contributed by atoms with van der Waals surface area (Å²) in [5.74, 6) is -2.82. The van der Waals surface area contributed by atoms with E-state index in [1.54, 1.807) is 18.2 Å². The number of carbonyl (C=O) groups excluding carboxylic acids is 1. The highest BCUT2D eigenvalue weighted by Gasteiger charge is 2.48. The van der Waals surface area contributed by atoms with Gasteiger partial charge in [-0.1, -0.05) is 30.3 Å². The minimum Gasteiger partial charge on any atom is -0.336 e. The number of amides is 1. The van der Waals surface area contributed by atoms with Crippen LogP contribution in [0.3, 0.4) is 0 Å². The fourth-order valence-corrected chi connectivity index (χ4v) is 4.60. The number of nitrogens with zero attached hydrogens (tertiary/aromatic N) is 2. The molecule has 1 saturated carbocycles. The van der Waals surface area contributed by atoms with Crippen molar-refractivity contribution in [3.63, 3.8) is 0 Å². The Balaban J connectivity index is 1.93. The van der Waals surface area contributed by atoms with Gasteiger partial charge < -0.3 is 5.32 Å². The van der Waals surface area contributed by atoms with Gasteiger partial charge in [0.2, 0.25) is 15.9 Å². The van der Waals surface area contributed by atoms with Gasteiger partial charge >= 0.3 is 6.18 Å². The maximum Gasteiger partial charge on any atom is 0.407 e. The Hall–Kier alpha value is -3.17. The van der Waals surface area contributed by atoms with E-state index in [-0.39, 0.29) is 5.69 Å². The van der Waals surface area contributed by atoms with Crippen LogP contribution in [0, 0.1) is 17.1 Å². The summed E-state index contributed by atoms with van der Waals surface area (Å²) in [5, 5.41) is 13.7. The van der Waals surface area contributed by atoms with E-state index in [1.165, 1.54) is 19.2 Å². The number of hydrogen-bond acceptors (Lipinski definition) is 5. The van der Waals surface area contributed by atoms with Crippen LogP contribution >= 0.6 is 0 Å². The Morgan fingerprint density at radius 1 is 1.15 bits per heavy atom. The maximum atomic E-state index is 13.9. The molecule has 0 bridgehead atoms. The molecule has 0 heterocycles. The van der Waals surface area contributed by atoms with Crippen LogP contribution in [-0.4, -0.2) is 44.9 Å². The number of rotatable bonds is 9. The molecule has 34 heavy (non-hydrogen) atoms. The number of carbonyl (C=O) groups is 1. The SMILES string of the molecule is CN(c1ccccc1)S(=O)(=O)C[C@H](N[C@@H](c1ccc(F)cc1)C(F)(F)F)C(=O)NC1(C#N)CC1. The first-order valence-electron chi connectivity index (χ1n) is 10.2. The standard InChI is InChI=1S/C22H22F4N4O3S/c1-30(17-5-3-2-4-6-17)34(32,33)13-18(20(31)29-21(14-27)11-12-21)28-19(22(24,25)26)15-7-9-16(23)10-8-15/h2-10,18-19,28H,11-13H2,1H3,(H,29,31)/t18-,19-/m0/s1. The number of benzene rings is 2. The second-order valence-corrected chi connectivity index (χ2v) is 10.1. The van der Waals surface area contributed by atoms with Crippen LogP contribution in [-0.2, 0) is 14.8 Å². The lowest BCUT2D eigenvalue weighted by atomic mass is 10.0. The largest absolute Gasteiger partial charge is 0.407 e. The van der Waals surface area contributed by atoms with Crippen LogP contribution in [0.5, 0.6) is 0 Å². The number of alkyl halides is 3. The maximum absolute atomic E-state index is 13.9. The molecule has 2 aromatic rings. The number of sulfonamides is 1. The molecular weight excluding hydrogens is 476 g/mol. The average Bonchev–Trinajstić information content (AvgIpc) is 3.56. The van der Waals surface area contributed by atoms with E-state index < -0.39 is 56.9 Å². The minimum atomic E-state index is -4.93. The van der Waals surface area contributed by atoms with Crippen LogP contribution in [0.2, 0.25) is 0 Å². The molecule has 12 heteroatoms. The quantitative estimate of drug-likeness (QED) is 0.518. The first-order valence-corrected chi connectivity index (χ1v) is 11.8. The summed E-state index contributed by atoms with van der Waals surface area (Å²) < 4.78 is 81.9. The van der Waals surface area contributed by atoms with Crippen LogP contribution in [0.1, 0.15) is 24.4 Å². The van der Waals surface area contributed by atoms with Crippen molar-refractivity contribution >= 4 is 21.6 Å². The lowest BCUT2D eigenvalue weighted by Gasteiger charge is -2.29. The molecule has 0 aliphatic heterocycles. The van der Waals surface area contributed by atoms with Crippen LogP contribution in [0.25, 0.3) is 0 Å². The van der Waals surface area contributed by atoms with Crippen molar-refractivity contribution in [3.8, 4) is 6.07 Å². The number of hydrogen-bond donors (Lipinski definition) is 2. The van der Waals surface area contributed by atoms with Gasteiger partial charge in [-0.25, -0.2) is 12.8 Å². The number of para-hydroxylation sites is 1. The highest BCUT2D eigenvalue weighted by Crippen LogP contribution is 2.36. The van der Waals surface area contributed by atoms with E-state index in [1.807, 2.05) is 6.07 Å². The highest BCUT2D eigenvalue weighted by atomic mass is 32.2. The Labute approximate surface area is 194 Å². The Bertz CT molecular complexity index is 1160. The molecule has 1 aliphatic carbocycles. The minimum absolute atomic E-state index is 0.253. The van der Waals surface area contributed by atoms with Gasteiger partial charge in [-0.2, -0.15) is 18.4 Å². The molecule has 1 aliphatic rings. The molecular formula is C22H22F4N4O3S. The van der Waals surface area contributed by atoms with Crippen LogP contribution in [0.4, 0.5) is 23.2 Å². The van der Waals surface area contributed by atoms with Crippen molar-refractivity contribution < 1.29 is 30.8 Å². The van der Waals surface area contributed by atoms with Crippen molar-refractivity contribution in [1.82, 2.24) is 10.6 Å². The molecule has 2 N–H and O–H groups in total. The molecule has 0 aromatic heterocycles. The van der Waals surface area contributed by atoms with E-state index >= 15 is 0 Å². The Morgan fingerprint density at radius 3 is 2.24 bits per heavy atom. The molecule has 7 nitrogen and oxygen atoms in total. The summed E-state index contributed by atoms with van der Waals surface area (Å²) in [6, 6.07) is 8.85. The van der Waals surface area contributed by atoms with Gasteiger partial charge in [0.25, 0.3) is 0 Å². The molecule has 0 unspecified atom stereocenters. The van der Waals surface area contributed by atoms with E-state index in [0.29, 0.717) is 12.8 Å². The molecule has 3 rings (SSSR count). The first kappa shape index (κ1) is 25.5. The van der Waals surface area contributed by atoms with Gasteiger partial charge in [0.1, 0.15) is 23.4 Å². The third kappa shape index (κ3) is 6.03. The monoisotopic (exact) mass is 498 g/mol. The Morgan fingerprint density at radius 2 is 1.74 bits per heavy atom. The molecule has 1 amide bonds. The molecule has 182 valence electrons. The fraction of sp³-hybridized carbons (Fsp3) is 0.364. The predicted molar refractivity (Wildman–Crippen MR) is 116 cm³/mol. The zero-order chi connectivity index (χ0) is 25.1. The van der Waals surface area contributed by atoms with Crippen LogP contribution in [0.15, 0.2) is 54.6 Å². The zero-order valence-corrected chi connectivity index (χ0v) is 18.8. The molecule has 2 aromatic carbocycles. The molecule has 1 fully saturated rings. The van der Waals surface area contributed by atoms with Gasteiger partial charge in [0.15, 0.2) is 0 Å². The molecule has 0 spiro atoms. The van der Waals surface area contributed by atoms with E-state index in [9.17, 15) is 36.0 Å². The first-order chi connectivity index (χ1) is 15.9. The smallest absolute Gasteiger partial charge is 0.336 e. The molecule has 2 atom stereocenters. The second kappa shape index (κ2) is 9.60. The average molecular weight is 499 g/mol. The topological polar surface area (TPSA) is 102 Å². The molecule has 0 saturated heterocycles. The summed E-state index contributed by atoms with van der Waals surface area (Å²) in [6.07, 6.45) is -4.32. The summed E-state index contributed by atoms with van der Waals surface area (Å²) in [4.78, 5) is 12.9. The summed E-state index contributed by atoms with van der Waals surface area (Å²) in [7, 11) is -3.06. The van der Waals surface area contributed by atoms with Crippen LogP contribution < -0.4 is 14.9 Å². The van der Waals surface area contributed by atoms with Gasteiger partial charge in [-0.3, -0.25) is 14.4 Å². The molecule has 0 radical (unpaired) electrons. The lowest BCUT2D eigenvalue weighted by molar-refractivity contribution is -0.160. The van der Waals surface area contributed by atoms with Crippen molar-refractivity contribution in [1.29, 1.82) is 5.26 Å². The van der Waals surface area contributed by atoms with Crippen molar-refractivity contribution in [2.45, 2.75) is 36.6 Å². The van der Waals surface area contributed by atoms with Crippen molar-refractivity contribution in [3.05, 3.63) is 66.0 Å². The van der Waals surface area contributed by atoms with Crippen molar-refractivity contribution in [2.75, 3.05) is 17.1 Å². The van der Waals surface area contributed by atoms with Gasteiger partial charge in [-0.05, 0) is 42.7 Å². The van der Waals surface area contributed by atoms with Gasteiger partial charge in [0.05, 0.1) is 17.5 Å². The predicted octanol–water partition coefficient (Wildman–Crippen LogP) is 3.03. The fourth-order valence-electron chi connectivity index (χ4n) is 3.27. The number of halogens is 4. The van der Waals surface area contributed by atoms with E-state index in [0.717, 1.165) is 28.6 Å². The van der Waals surface area contributed by atoms with Crippen molar-refractivity contribution in [2.24, 2.45) is 0 Å². The zero-order valence-electron chi connectivity index (χ0n) is 18.0. The van der Waals surface area contributed by atoms with Gasteiger partial charge in [0, 0.05) is 7.05 Å². The Kier molecular flexibility index (Phi) is 7.18. The number of anilines is 1. The third-order valence-corrected chi connectivity index (χ3v) is 7.26. The van der Waals surface area contributed by atoms with E-state index in [2.05, 4.69) is 10.6 Å². The lowest BCUT2D eigenvalue weighted by Crippen LogP contribution is -2.55. The summed E-state index contributed by atoms with van der Waals surface area (Å²) in [5.41, 5.74) is -1.37. The van der Waals surface area contributed by atoms with Gasteiger partial charge in [-0.15, -0.1) is 0 Å². The summed E-state index contributed by atoms with van der Waals surface area (Å²) >= 11 is 0. The number of nitrogens with one attached hydrogen (secondary N) is 2. The third-order valence-electron chi connectivity index (χ3n) is 5.46. The number of nitriles is 1. The van der Waals surface area contributed by atoms with E-state index in [4.69, 9.17) is 0 Å².